The smallest absolute Gasteiger partial charge is 0.287 e. The lowest BCUT2D eigenvalue weighted by Crippen LogP contribution is -2.41. The molecule has 2 rings (SSSR count). The largest absolute Gasteiger partial charge is 0.394 e. The predicted octanol–water partition coefficient (Wildman–Crippen LogP) is 0.468. The molecule has 0 saturated heterocycles. The van der Waals surface area contributed by atoms with Crippen LogP contribution in [0.3, 0.4) is 0 Å². The SMILES string of the molecule is COCC(CO)NC(=O)c1cc([N+](=O)[O-])cn1C1CC1. The van der Waals surface area contributed by atoms with E-state index in [1.807, 2.05) is 0 Å². The number of aliphatic hydroxyl groups excluding tert-OH is 1. The van der Waals surface area contributed by atoms with Crippen molar-refractivity contribution in [2.24, 2.45) is 0 Å². The van der Waals surface area contributed by atoms with Crippen molar-refractivity contribution in [3.63, 3.8) is 0 Å². The summed E-state index contributed by atoms with van der Waals surface area (Å²) in [5, 5.41) is 22.5. The van der Waals surface area contributed by atoms with Crippen LogP contribution in [0.1, 0.15) is 29.4 Å². The molecule has 1 aliphatic rings. The van der Waals surface area contributed by atoms with E-state index in [0.717, 1.165) is 12.8 Å². The molecule has 8 heteroatoms. The number of ether oxygens (including phenoxy) is 1. The minimum atomic E-state index is -0.533. The van der Waals surface area contributed by atoms with Crippen LogP contribution in [0.4, 0.5) is 5.69 Å². The van der Waals surface area contributed by atoms with Gasteiger partial charge in [-0.15, -0.1) is 0 Å². The van der Waals surface area contributed by atoms with Crippen molar-refractivity contribution in [3.05, 3.63) is 28.1 Å². The fraction of sp³-hybridized carbons (Fsp3) is 0.583. The van der Waals surface area contributed by atoms with Gasteiger partial charge in [0.05, 0.1) is 30.4 Å². The van der Waals surface area contributed by atoms with E-state index >= 15 is 0 Å². The van der Waals surface area contributed by atoms with Gasteiger partial charge >= 0.3 is 0 Å². The molecule has 1 aliphatic carbocycles. The molecule has 0 bridgehead atoms. The molecule has 0 spiro atoms. The van der Waals surface area contributed by atoms with Crippen LogP contribution in [0.2, 0.25) is 0 Å². The van der Waals surface area contributed by atoms with Gasteiger partial charge in [0.25, 0.3) is 11.6 Å². The third kappa shape index (κ3) is 3.14. The van der Waals surface area contributed by atoms with E-state index in [0.29, 0.717) is 0 Å². The molecule has 110 valence electrons. The highest BCUT2D eigenvalue weighted by Crippen LogP contribution is 2.37. The minimum Gasteiger partial charge on any atom is -0.394 e. The number of aromatic nitrogens is 1. The number of aliphatic hydroxyl groups is 1. The number of carbonyl (C=O) groups excluding carboxylic acids is 1. The molecule has 0 radical (unpaired) electrons. The summed E-state index contributed by atoms with van der Waals surface area (Å²) in [7, 11) is 1.46. The minimum absolute atomic E-state index is 0.102. The second kappa shape index (κ2) is 6.02. The van der Waals surface area contributed by atoms with E-state index in [9.17, 15) is 14.9 Å². The number of hydrogen-bond acceptors (Lipinski definition) is 5. The van der Waals surface area contributed by atoms with Gasteiger partial charge in [0.2, 0.25) is 0 Å². The predicted molar refractivity (Wildman–Crippen MR) is 69.6 cm³/mol. The highest BCUT2D eigenvalue weighted by atomic mass is 16.6. The molecule has 1 saturated carbocycles. The zero-order valence-electron chi connectivity index (χ0n) is 11.1. The first-order chi connectivity index (χ1) is 9.56. The first kappa shape index (κ1) is 14.5. The first-order valence-corrected chi connectivity index (χ1v) is 6.33. The van der Waals surface area contributed by atoms with Crippen molar-refractivity contribution in [1.29, 1.82) is 0 Å². The van der Waals surface area contributed by atoms with Crippen molar-refractivity contribution in [1.82, 2.24) is 9.88 Å². The molecule has 1 atom stereocenters. The average Bonchev–Trinajstić information content (AvgIpc) is 3.16. The second-order valence-electron chi connectivity index (χ2n) is 4.79. The zero-order chi connectivity index (χ0) is 14.7. The highest BCUT2D eigenvalue weighted by Gasteiger charge is 2.30. The van der Waals surface area contributed by atoms with Crippen LogP contribution in [0.25, 0.3) is 0 Å². The third-order valence-corrected chi connectivity index (χ3v) is 3.14. The van der Waals surface area contributed by atoms with Gasteiger partial charge < -0.3 is 19.7 Å². The molecule has 0 aromatic carbocycles. The Balaban J connectivity index is 2.17. The van der Waals surface area contributed by atoms with Gasteiger partial charge in [-0.25, -0.2) is 0 Å². The van der Waals surface area contributed by atoms with Gasteiger partial charge in [-0.2, -0.15) is 0 Å². The van der Waals surface area contributed by atoms with Crippen molar-refractivity contribution < 1.29 is 19.6 Å². The quantitative estimate of drug-likeness (QED) is 0.558. The lowest BCUT2D eigenvalue weighted by atomic mass is 10.3. The van der Waals surface area contributed by atoms with Crippen LogP contribution in [0, 0.1) is 10.1 Å². The third-order valence-electron chi connectivity index (χ3n) is 3.14. The zero-order valence-corrected chi connectivity index (χ0v) is 11.1. The molecule has 2 N–H and O–H groups in total. The molecular weight excluding hydrogens is 266 g/mol. The topological polar surface area (TPSA) is 107 Å². The fourth-order valence-corrected chi connectivity index (χ4v) is 2.00. The van der Waals surface area contributed by atoms with Crippen LogP contribution >= 0.6 is 0 Å². The summed E-state index contributed by atoms with van der Waals surface area (Å²) >= 11 is 0. The number of rotatable bonds is 7. The summed E-state index contributed by atoms with van der Waals surface area (Å²) in [6.07, 6.45) is 3.21. The Kier molecular flexibility index (Phi) is 4.35. The molecule has 8 nitrogen and oxygen atoms in total. The van der Waals surface area contributed by atoms with Gasteiger partial charge in [0.1, 0.15) is 5.69 Å². The van der Waals surface area contributed by atoms with E-state index in [4.69, 9.17) is 9.84 Å². The maximum absolute atomic E-state index is 12.2. The Bertz CT molecular complexity index is 509. The number of methoxy groups -OCH3 is 1. The molecule has 1 aromatic rings. The Morgan fingerprint density at radius 3 is 2.90 bits per heavy atom. The number of hydrogen-bond donors (Lipinski definition) is 2. The monoisotopic (exact) mass is 283 g/mol. The van der Waals surface area contributed by atoms with E-state index < -0.39 is 16.9 Å². The molecule has 1 amide bonds. The number of amides is 1. The van der Waals surface area contributed by atoms with E-state index in [-0.39, 0.29) is 30.6 Å². The average molecular weight is 283 g/mol. The van der Waals surface area contributed by atoms with Crippen LogP contribution in [-0.2, 0) is 4.74 Å². The number of nitrogens with zero attached hydrogens (tertiary/aromatic N) is 2. The normalized spacial score (nSPS) is 15.9. The highest BCUT2D eigenvalue weighted by molar-refractivity contribution is 5.93. The summed E-state index contributed by atoms with van der Waals surface area (Å²) in [6, 6.07) is 0.878. The van der Waals surface area contributed by atoms with Crippen LogP contribution in [-0.4, -0.2) is 46.9 Å². The molecule has 1 heterocycles. The molecule has 20 heavy (non-hydrogen) atoms. The van der Waals surface area contributed by atoms with E-state index in [1.54, 1.807) is 4.57 Å². The van der Waals surface area contributed by atoms with Gasteiger partial charge in [0.15, 0.2) is 0 Å². The number of nitro groups is 1. The van der Waals surface area contributed by atoms with Gasteiger partial charge in [-0.1, -0.05) is 0 Å². The summed E-state index contributed by atoms with van der Waals surface area (Å²) in [6.45, 7) is -0.0831. The van der Waals surface area contributed by atoms with Crippen molar-refractivity contribution in [2.75, 3.05) is 20.3 Å². The van der Waals surface area contributed by atoms with Crippen LogP contribution < -0.4 is 5.32 Å². The maximum Gasteiger partial charge on any atom is 0.287 e. The van der Waals surface area contributed by atoms with E-state index in [1.165, 1.54) is 19.4 Å². The Morgan fingerprint density at radius 2 is 2.40 bits per heavy atom. The fourth-order valence-electron chi connectivity index (χ4n) is 2.00. The first-order valence-electron chi connectivity index (χ1n) is 6.33. The van der Waals surface area contributed by atoms with Crippen molar-refractivity contribution >= 4 is 11.6 Å². The van der Waals surface area contributed by atoms with Crippen molar-refractivity contribution in [2.45, 2.75) is 24.9 Å². The second-order valence-corrected chi connectivity index (χ2v) is 4.79. The van der Waals surface area contributed by atoms with E-state index in [2.05, 4.69) is 5.32 Å². The number of carbonyl (C=O) groups is 1. The van der Waals surface area contributed by atoms with Crippen LogP contribution in [0.15, 0.2) is 12.3 Å². The summed E-state index contributed by atoms with van der Waals surface area (Å²) < 4.78 is 6.51. The Hall–Kier alpha value is -1.93. The molecule has 1 aromatic heterocycles. The lowest BCUT2D eigenvalue weighted by molar-refractivity contribution is -0.384. The van der Waals surface area contributed by atoms with Gasteiger partial charge in [0, 0.05) is 19.2 Å². The Labute approximate surface area is 115 Å². The molecule has 1 unspecified atom stereocenters. The van der Waals surface area contributed by atoms with Gasteiger partial charge in [-0.05, 0) is 12.8 Å². The maximum atomic E-state index is 12.2. The summed E-state index contributed by atoms with van der Waals surface area (Å²) in [4.78, 5) is 22.5. The standard InChI is InChI=1S/C12H17N3O5/c1-20-7-8(6-16)13-12(17)11-4-10(15(18)19)5-14(11)9-2-3-9/h4-5,8-9,16H,2-3,6-7H2,1H3,(H,13,17). The molecule has 0 aliphatic heterocycles. The summed E-state index contributed by atoms with van der Waals surface area (Å²) in [5.74, 6) is -0.443. The molecule has 1 fully saturated rings. The van der Waals surface area contributed by atoms with Crippen molar-refractivity contribution in [3.8, 4) is 0 Å². The van der Waals surface area contributed by atoms with Gasteiger partial charge in [-0.3, -0.25) is 14.9 Å². The Morgan fingerprint density at radius 1 is 1.70 bits per heavy atom. The number of nitrogens with one attached hydrogen (secondary N) is 1. The lowest BCUT2D eigenvalue weighted by Gasteiger charge is -2.15. The molecular formula is C12H17N3O5. The summed E-state index contributed by atoms with van der Waals surface area (Å²) in [5.41, 5.74) is 0.142. The van der Waals surface area contributed by atoms with Crippen LogP contribution in [0.5, 0.6) is 0 Å².